The Morgan fingerprint density at radius 1 is 1.05 bits per heavy atom. The molecule has 0 radical (unpaired) electrons. The van der Waals surface area contributed by atoms with Crippen LogP contribution in [0.1, 0.15) is 12.0 Å². The number of aliphatic hydroxyl groups excluding tert-OH is 1. The summed E-state index contributed by atoms with van der Waals surface area (Å²) >= 11 is 5.35. The van der Waals surface area contributed by atoms with Crippen LogP contribution in [0.3, 0.4) is 0 Å². The zero-order valence-corrected chi connectivity index (χ0v) is 13.7. The lowest BCUT2D eigenvalue weighted by molar-refractivity contribution is 0.223. The molecule has 0 saturated heterocycles. The van der Waals surface area contributed by atoms with Gasteiger partial charge in [0.15, 0.2) is 0 Å². The highest BCUT2D eigenvalue weighted by Crippen LogP contribution is 2.22. The van der Waals surface area contributed by atoms with Gasteiger partial charge in [0.2, 0.25) is 0 Å². The van der Waals surface area contributed by atoms with Crippen LogP contribution >= 0.6 is 27.7 Å². The van der Waals surface area contributed by atoms with Gasteiger partial charge in [0, 0.05) is 16.0 Å². The zero-order chi connectivity index (χ0) is 14.2. The molecule has 0 aliphatic carbocycles. The van der Waals surface area contributed by atoms with Crippen LogP contribution in [0.25, 0.3) is 0 Å². The fraction of sp³-hybridized carbons (Fsp3) is 0.294. The number of benzene rings is 2. The third-order valence-corrected chi connectivity index (χ3v) is 4.75. The minimum atomic E-state index is 0.252. The molecule has 1 atom stereocenters. The van der Waals surface area contributed by atoms with E-state index in [-0.39, 0.29) is 6.61 Å². The number of halogens is 1. The fourth-order valence-corrected chi connectivity index (χ4v) is 3.60. The number of thioether (sulfide) groups is 1. The van der Waals surface area contributed by atoms with Gasteiger partial charge >= 0.3 is 0 Å². The number of rotatable bonds is 7. The van der Waals surface area contributed by atoms with Gasteiger partial charge in [0.1, 0.15) is 0 Å². The maximum absolute atomic E-state index is 9.53. The molecule has 0 amide bonds. The Balaban J connectivity index is 1.80. The highest BCUT2D eigenvalue weighted by Gasteiger charge is 2.09. The van der Waals surface area contributed by atoms with E-state index < -0.39 is 0 Å². The molecule has 0 bridgehead atoms. The summed E-state index contributed by atoms with van der Waals surface area (Å²) in [6.45, 7) is 0.252. The van der Waals surface area contributed by atoms with Gasteiger partial charge in [-0.15, -0.1) is 11.8 Å². The average Bonchev–Trinajstić information content (AvgIpc) is 2.47. The van der Waals surface area contributed by atoms with E-state index in [0.717, 1.165) is 23.1 Å². The molecule has 106 valence electrons. The van der Waals surface area contributed by atoms with Gasteiger partial charge in [-0.3, -0.25) is 0 Å². The summed E-state index contributed by atoms with van der Waals surface area (Å²) in [5.41, 5.74) is 1.28. The van der Waals surface area contributed by atoms with Crippen LogP contribution in [-0.4, -0.2) is 17.5 Å². The second-order valence-corrected chi connectivity index (χ2v) is 6.92. The van der Waals surface area contributed by atoms with Crippen LogP contribution in [0, 0.1) is 5.92 Å². The molecule has 0 spiro atoms. The molecule has 20 heavy (non-hydrogen) atoms. The number of hydrogen-bond acceptors (Lipinski definition) is 2. The molecule has 1 N–H and O–H groups in total. The normalized spacial score (nSPS) is 12.3. The first-order valence-electron chi connectivity index (χ1n) is 6.81. The molecule has 1 unspecified atom stereocenters. The summed E-state index contributed by atoms with van der Waals surface area (Å²) in [7, 11) is 0. The summed E-state index contributed by atoms with van der Waals surface area (Å²) < 4.78 is 1.10. The molecule has 3 heteroatoms. The van der Waals surface area contributed by atoms with Crippen LogP contribution in [0.5, 0.6) is 0 Å². The van der Waals surface area contributed by atoms with Crippen LogP contribution < -0.4 is 0 Å². The molecule has 2 aromatic rings. The third-order valence-electron chi connectivity index (χ3n) is 3.21. The molecule has 2 rings (SSSR count). The van der Waals surface area contributed by atoms with E-state index in [0.29, 0.717) is 5.92 Å². The van der Waals surface area contributed by atoms with Crippen molar-refractivity contribution in [1.82, 2.24) is 0 Å². The van der Waals surface area contributed by atoms with E-state index in [9.17, 15) is 5.11 Å². The van der Waals surface area contributed by atoms with Gasteiger partial charge < -0.3 is 5.11 Å². The molecular formula is C17H19BrOS. The average molecular weight is 351 g/mol. The highest BCUT2D eigenvalue weighted by atomic mass is 79.9. The Hall–Kier alpha value is -0.770. The first kappa shape index (κ1) is 15.6. The Bertz CT molecular complexity index is 515. The molecule has 1 nitrogen and oxygen atoms in total. The van der Waals surface area contributed by atoms with Crippen molar-refractivity contribution in [2.75, 3.05) is 12.4 Å². The summed E-state index contributed by atoms with van der Waals surface area (Å²) in [4.78, 5) is 1.30. The van der Waals surface area contributed by atoms with E-state index in [2.05, 4.69) is 52.3 Å². The lowest BCUT2D eigenvalue weighted by Gasteiger charge is -2.14. The van der Waals surface area contributed by atoms with E-state index in [1.54, 1.807) is 0 Å². The summed E-state index contributed by atoms with van der Waals surface area (Å²) in [6, 6.07) is 18.8. The minimum Gasteiger partial charge on any atom is -0.396 e. The first-order chi connectivity index (χ1) is 9.78. The van der Waals surface area contributed by atoms with Crippen LogP contribution in [0.15, 0.2) is 64.0 Å². The Morgan fingerprint density at radius 2 is 1.85 bits per heavy atom. The molecule has 0 heterocycles. The largest absolute Gasteiger partial charge is 0.396 e. The SMILES string of the molecule is OCC(CCSc1ccccc1)Cc1cccc(Br)c1. The van der Waals surface area contributed by atoms with E-state index >= 15 is 0 Å². The predicted molar refractivity (Wildman–Crippen MR) is 90.2 cm³/mol. The van der Waals surface area contributed by atoms with Gasteiger partial charge in [-0.25, -0.2) is 0 Å². The summed E-state index contributed by atoms with van der Waals surface area (Å²) in [5.74, 6) is 1.38. The number of hydrogen-bond donors (Lipinski definition) is 1. The van der Waals surface area contributed by atoms with Crippen molar-refractivity contribution in [1.29, 1.82) is 0 Å². The Kier molecular flexibility index (Phi) is 6.64. The fourth-order valence-electron chi connectivity index (χ4n) is 2.12. The predicted octanol–water partition coefficient (Wildman–Crippen LogP) is 4.78. The summed E-state index contributed by atoms with van der Waals surface area (Å²) in [6.07, 6.45) is 1.97. The molecule has 0 aliphatic rings. The lowest BCUT2D eigenvalue weighted by atomic mass is 9.98. The zero-order valence-electron chi connectivity index (χ0n) is 11.3. The molecular weight excluding hydrogens is 332 g/mol. The second kappa shape index (κ2) is 8.50. The van der Waals surface area contributed by atoms with Gasteiger partial charge in [0.05, 0.1) is 0 Å². The van der Waals surface area contributed by atoms with Crippen molar-refractivity contribution in [3.05, 3.63) is 64.6 Å². The minimum absolute atomic E-state index is 0.252. The van der Waals surface area contributed by atoms with Crippen LogP contribution in [-0.2, 0) is 6.42 Å². The van der Waals surface area contributed by atoms with Crippen molar-refractivity contribution >= 4 is 27.7 Å². The maximum Gasteiger partial charge on any atom is 0.0462 e. The Morgan fingerprint density at radius 3 is 2.55 bits per heavy atom. The smallest absolute Gasteiger partial charge is 0.0462 e. The highest BCUT2D eigenvalue weighted by molar-refractivity contribution is 9.10. The number of aliphatic hydroxyl groups is 1. The first-order valence-corrected chi connectivity index (χ1v) is 8.59. The standard InChI is InChI=1S/C17H19BrOS/c18-16-6-4-5-14(12-16)11-15(13-19)9-10-20-17-7-2-1-3-8-17/h1-8,12,15,19H,9-11,13H2. The second-order valence-electron chi connectivity index (χ2n) is 4.83. The third kappa shape index (κ3) is 5.31. The van der Waals surface area contributed by atoms with Crippen molar-refractivity contribution < 1.29 is 5.11 Å². The van der Waals surface area contributed by atoms with Crippen molar-refractivity contribution in [3.8, 4) is 0 Å². The summed E-state index contributed by atoms with van der Waals surface area (Å²) in [5, 5.41) is 9.53. The van der Waals surface area contributed by atoms with Crippen LogP contribution in [0.2, 0.25) is 0 Å². The van der Waals surface area contributed by atoms with Gasteiger partial charge in [-0.2, -0.15) is 0 Å². The van der Waals surface area contributed by atoms with Crippen molar-refractivity contribution in [2.45, 2.75) is 17.7 Å². The topological polar surface area (TPSA) is 20.2 Å². The quantitative estimate of drug-likeness (QED) is 0.725. The van der Waals surface area contributed by atoms with Crippen LogP contribution in [0.4, 0.5) is 0 Å². The van der Waals surface area contributed by atoms with Gasteiger partial charge in [0.25, 0.3) is 0 Å². The van der Waals surface area contributed by atoms with Gasteiger partial charge in [-0.05, 0) is 54.3 Å². The molecule has 0 saturated carbocycles. The molecule has 2 aromatic carbocycles. The Labute approximate surface area is 133 Å². The monoisotopic (exact) mass is 350 g/mol. The van der Waals surface area contributed by atoms with E-state index in [1.165, 1.54) is 10.5 Å². The molecule has 0 aliphatic heterocycles. The van der Waals surface area contributed by atoms with Crippen molar-refractivity contribution in [3.63, 3.8) is 0 Å². The molecule has 0 aromatic heterocycles. The maximum atomic E-state index is 9.53. The lowest BCUT2D eigenvalue weighted by Crippen LogP contribution is -2.10. The van der Waals surface area contributed by atoms with Crippen molar-refractivity contribution in [2.24, 2.45) is 5.92 Å². The van der Waals surface area contributed by atoms with E-state index in [1.807, 2.05) is 30.0 Å². The molecule has 0 fully saturated rings. The van der Waals surface area contributed by atoms with Gasteiger partial charge in [-0.1, -0.05) is 46.3 Å². The van der Waals surface area contributed by atoms with E-state index in [4.69, 9.17) is 0 Å².